The van der Waals surface area contributed by atoms with E-state index in [9.17, 15) is 4.79 Å². The molecule has 1 aromatic carbocycles. The fourth-order valence-electron chi connectivity index (χ4n) is 2.96. The van der Waals surface area contributed by atoms with E-state index in [1.807, 2.05) is 36.1 Å². The molecule has 1 atom stereocenters. The number of H-pyrrole nitrogens is 1. The van der Waals surface area contributed by atoms with Crippen molar-refractivity contribution in [3.05, 3.63) is 30.0 Å². The third kappa shape index (κ3) is 2.74. The van der Waals surface area contributed by atoms with Crippen molar-refractivity contribution < 1.29 is 9.53 Å². The van der Waals surface area contributed by atoms with E-state index in [1.54, 1.807) is 0 Å². The highest BCUT2D eigenvalue weighted by atomic mass is 16.5. The number of fused-ring (bicyclic) bond motifs is 1. The van der Waals surface area contributed by atoms with Crippen LogP contribution < -0.4 is 5.73 Å². The molecule has 2 heterocycles. The number of aromatic amines is 1. The SMILES string of the molecule is CCOC1CCCN(C(=O)c2cc3cccc(N)c3[nH]2)C1. The van der Waals surface area contributed by atoms with Gasteiger partial charge in [0.1, 0.15) is 5.69 Å². The second-order valence-corrected chi connectivity index (χ2v) is 5.47. The molecule has 0 saturated carbocycles. The molecule has 112 valence electrons. The molecule has 2 aromatic rings. The van der Waals surface area contributed by atoms with Gasteiger partial charge in [-0.15, -0.1) is 0 Å². The van der Waals surface area contributed by atoms with Gasteiger partial charge < -0.3 is 20.4 Å². The van der Waals surface area contributed by atoms with Crippen LogP contribution in [0.4, 0.5) is 5.69 Å². The highest BCUT2D eigenvalue weighted by molar-refractivity contribution is 6.00. The lowest BCUT2D eigenvalue weighted by molar-refractivity contribution is 0.00707. The number of likely N-dealkylation sites (tertiary alicyclic amines) is 1. The van der Waals surface area contributed by atoms with E-state index in [1.165, 1.54) is 0 Å². The summed E-state index contributed by atoms with van der Waals surface area (Å²) in [5, 5.41) is 0.969. The summed E-state index contributed by atoms with van der Waals surface area (Å²) in [5.41, 5.74) is 8.03. The van der Waals surface area contributed by atoms with E-state index < -0.39 is 0 Å². The number of hydrogen-bond acceptors (Lipinski definition) is 3. The fraction of sp³-hybridized carbons (Fsp3) is 0.438. The lowest BCUT2D eigenvalue weighted by atomic mass is 10.1. The zero-order valence-electron chi connectivity index (χ0n) is 12.3. The molecule has 1 aliphatic heterocycles. The number of benzene rings is 1. The van der Waals surface area contributed by atoms with E-state index in [-0.39, 0.29) is 12.0 Å². The van der Waals surface area contributed by atoms with Gasteiger partial charge in [0.15, 0.2) is 0 Å². The number of hydrogen-bond donors (Lipinski definition) is 2. The Morgan fingerprint density at radius 2 is 2.38 bits per heavy atom. The van der Waals surface area contributed by atoms with Crippen LogP contribution in [0.25, 0.3) is 10.9 Å². The summed E-state index contributed by atoms with van der Waals surface area (Å²) >= 11 is 0. The van der Waals surface area contributed by atoms with Crippen molar-refractivity contribution in [1.29, 1.82) is 0 Å². The average Bonchev–Trinajstić information content (AvgIpc) is 2.93. The van der Waals surface area contributed by atoms with Crippen molar-refractivity contribution in [2.75, 3.05) is 25.4 Å². The Morgan fingerprint density at radius 1 is 1.52 bits per heavy atom. The van der Waals surface area contributed by atoms with Gasteiger partial charge in [-0.3, -0.25) is 4.79 Å². The molecule has 0 bridgehead atoms. The molecule has 3 N–H and O–H groups in total. The maximum atomic E-state index is 12.6. The number of anilines is 1. The van der Waals surface area contributed by atoms with Crippen LogP contribution in [-0.2, 0) is 4.74 Å². The Labute approximate surface area is 124 Å². The summed E-state index contributed by atoms with van der Waals surface area (Å²) < 4.78 is 5.65. The van der Waals surface area contributed by atoms with Gasteiger partial charge in [-0.25, -0.2) is 0 Å². The zero-order valence-corrected chi connectivity index (χ0v) is 12.3. The summed E-state index contributed by atoms with van der Waals surface area (Å²) in [4.78, 5) is 17.6. The number of nitrogens with two attached hydrogens (primary N) is 1. The van der Waals surface area contributed by atoms with E-state index in [4.69, 9.17) is 10.5 Å². The number of nitrogens with one attached hydrogen (secondary N) is 1. The summed E-state index contributed by atoms with van der Waals surface area (Å²) in [6, 6.07) is 7.56. The minimum Gasteiger partial charge on any atom is -0.397 e. The second kappa shape index (κ2) is 5.77. The topological polar surface area (TPSA) is 71.3 Å². The summed E-state index contributed by atoms with van der Waals surface area (Å²) in [6.45, 7) is 4.13. The molecular formula is C16H21N3O2. The number of nitrogens with zero attached hydrogens (tertiary/aromatic N) is 1. The molecule has 21 heavy (non-hydrogen) atoms. The van der Waals surface area contributed by atoms with Gasteiger partial charge in [0.05, 0.1) is 17.3 Å². The van der Waals surface area contributed by atoms with Crippen LogP contribution >= 0.6 is 0 Å². The van der Waals surface area contributed by atoms with Crippen LogP contribution in [0.1, 0.15) is 30.3 Å². The summed E-state index contributed by atoms with van der Waals surface area (Å²) in [5.74, 6) is 0.0232. The Balaban J connectivity index is 1.81. The van der Waals surface area contributed by atoms with E-state index in [0.29, 0.717) is 24.5 Å². The Bertz CT molecular complexity index is 648. The predicted octanol–water partition coefficient (Wildman–Crippen LogP) is 2.39. The van der Waals surface area contributed by atoms with Crippen molar-refractivity contribution in [3.8, 4) is 0 Å². The van der Waals surface area contributed by atoms with Gasteiger partial charge in [-0.05, 0) is 31.9 Å². The zero-order chi connectivity index (χ0) is 14.8. The number of nitrogen functional groups attached to an aromatic ring is 1. The van der Waals surface area contributed by atoms with Crippen LogP contribution in [0.15, 0.2) is 24.3 Å². The van der Waals surface area contributed by atoms with Crippen molar-refractivity contribution >= 4 is 22.5 Å². The third-order valence-electron chi connectivity index (χ3n) is 3.99. The molecule has 5 nitrogen and oxygen atoms in total. The lowest BCUT2D eigenvalue weighted by Crippen LogP contribution is -2.43. The lowest BCUT2D eigenvalue weighted by Gasteiger charge is -2.32. The number of piperidine rings is 1. The maximum Gasteiger partial charge on any atom is 0.270 e. The normalized spacial score (nSPS) is 19.1. The molecule has 3 rings (SSSR count). The minimum atomic E-state index is 0.0232. The molecule has 0 aliphatic carbocycles. The van der Waals surface area contributed by atoms with Crippen LogP contribution in [-0.4, -0.2) is 41.6 Å². The highest BCUT2D eigenvalue weighted by Gasteiger charge is 2.25. The summed E-state index contributed by atoms with van der Waals surface area (Å²) in [7, 11) is 0. The molecule has 1 saturated heterocycles. The standard InChI is InChI=1S/C16H21N3O2/c1-2-21-12-6-4-8-19(10-12)16(20)14-9-11-5-3-7-13(17)15(11)18-14/h3,5,7,9,12,18H,2,4,6,8,10,17H2,1H3. The van der Waals surface area contributed by atoms with Gasteiger partial charge in [-0.2, -0.15) is 0 Å². The molecule has 1 aromatic heterocycles. The van der Waals surface area contributed by atoms with Crippen LogP contribution in [0, 0.1) is 0 Å². The number of aromatic nitrogens is 1. The Kier molecular flexibility index (Phi) is 3.84. The molecule has 5 heteroatoms. The maximum absolute atomic E-state index is 12.6. The van der Waals surface area contributed by atoms with Gasteiger partial charge >= 0.3 is 0 Å². The first-order chi connectivity index (χ1) is 10.2. The Hall–Kier alpha value is -2.01. The predicted molar refractivity (Wildman–Crippen MR) is 83.3 cm³/mol. The first-order valence-electron chi connectivity index (χ1n) is 7.47. The van der Waals surface area contributed by atoms with Crippen molar-refractivity contribution in [3.63, 3.8) is 0 Å². The van der Waals surface area contributed by atoms with Crippen LogP contribution in [0.5, 0.6) is 0 Å². The molecule has 1 aliphatic rings. The number of carbonyl (C=O) groups is 1. The monoisotopic (exact) mass is 287 g/mol. The van der Waals surface area contributed by atoms with E-state index in [0.717, 1.165) is 30.3 Å². The van der Waals surface area contributed by atoms with E-state index >= 15 is 0 Å². The smallest absolute Gasteiger partial charge is 0.270 e. The average molecular weight is 287 g/mol. The fourth-order valence-corrected chi connectivity index (χ4v) is 2.96. The van der Waals surface area contributed by atoms with Crippen LogP contribution in [0.3, 0.4) is 0 Å². The number of amides is 1. The Morgan fingerprint density at radius 3 is 3.14 bits per heavy atom. The third-order valence-corrected chi connectivity index (χ3v) is 3.99. The van der Waals surface area contributed by atoms with Crippen LogP contribution in [0.2, 0.25) is 0 Å². The van der Waals surface area contributed by atoms with Crippen molar-refractivity contribution in [1.82, 2.24) is 9.88 Å². The molecule has 1 fully saturated rings. The largest absolute Gasteiger partial charge is 0.397 e. The highest BCUT2D eigenvalue weighted by Crippen LogP contribution is 2.23. The van der Waals surface area contributed by atoms with Gasteiger partial charge in [0, 0.05) is 25.1 Å². The molecule has 0 spiro atoms. The molecule has 0 radical (unpaired) electrons. The van der Waals surface area contributed by atoms with E-state index in [2.05, 4.69) is 4.98 Å². The number of carbonyl (C=O) groups excluding carboxylic acids is 1. The number of para-hydroxylation sites is 1. The number of ether oxygens (including phenoxy) is 1. The summed E-state index contributed by atoms with van der Waals surface area (Å²) in [6.07, 6.45) is 2.16. The quantitative estimate of drug-likeness (QED) is 0.851. The molecule has 1 amide bonds. The molecular weight excluding hydrogens is 266 g/mol. The van der Waals surface area contributed by atoms with Crippen molar-refractivity contribution in [2.45, 2.75) is 25.9 Å². The van der Waals surface area contributed by atoms with Crippen molar-refractivity contribution in [2.24, 2.45) is 0 Å². The minimum absolute atomic E-state index is 0.0232. The first-order valence-corrected chi connectivity index (χ1v) is 7.47. The molecule has 1 unspecified atom stereocenters. The van der Waals surface area contributed by atoms with Gasteiger partial charge in [-0.1, -0.05) is 12.1 Å². The first kappa shape index (κ1) is 13.9. The number of rotatable bonds is 3. The van der Waals surface area contributed by atoms with Gasteiger partial charge in [0.25, 0.3) is 5.91 Å². The van der Waals surface area contributed by atoms with Gasteiger partial charge in [0.2, 0.25) is 0 Å². The second-order valence-electron chi connectivity index (χ2n) is 5.47.